The fraction of sp³-hybridized carbons (Fsp3) is 0.0370. The summed E-state index contributed by atoms with van der Waals surface area (Å²) in [7, 11) is -1.61. The standard InChI is InChI=1S/C27H18Cl2N2O3S/c28-19-6-3-5-17(13-19)16-31-23-14-18(26(32)30-21-8-4-7-20(29)15-21)11-12-25(23)35(34)24-10-2-1-9-22(24)27(31)33/h1-15H,16H2,(H,30,32)/t35-/m0/s1. The fourth-order valence-electron chi connectivity index (χ4n) is 3.95. The highest BCUT2D eigenvalue weighted by molar-refractivity contribution is 7.85. The van der Waals surface area contributed by atoms with Gasteiger partial charge < -0.3 is 10.2 Å². The molecule has 1 atom stereocenters. The molecule has 1 aliphatic rings. The van der Waals surface area contributed by atoms with E-state index in [4.69, 9.17) is 23.2 Å². The number of hydrogen-bond acceptors (Lipinski definition) is 3. The minimum Gasteiger partial charge on any atom is -0.322 e. The lowest BCUT2D eigenvalue weighted by Crippen LogP contribution is -2.30. The maximum atomic E-state index is 13.7. The molecule has 0 saturated carbocycles. The quantitative estimate of drug-likeness (QED) is 0.330. The molecule has 1 heterocycles. The normalized spacial score (nSPS) is 14.6. The molecular formula is C27H18Cl2N2O3S. The van der Waals surface area contributed by atoms with Crippen molar-refractivity contribution < 1.29 is 13.8 Å². The lowest BCUT2D eigenvalue weighted by molar-refractivity contribution is 0.0979. The maximum absolute atomic E-state index is 13.7. The summed E-state index contributed by atoms with van der Waals surface area (Å²) < 4.78 is 13.5. The molecule has 1 aliphatic heterocycles. The predicted octanol–water partition coefficient (Wildman–Crippen LogP) is 6.57. The van der Waals surface area contributed by atoms with E-state index < -0.39 is 10.8 Å². The van der Waals surface area contributed by atoms with Gasteiger partial charge in [0.15, 0.2) is 0 Å². The number of amides is 2. The third-order valence-electron chi connectivity index (χ3n) is 5.59. The number of rotatable bonds is 4. The maximum Gasteiger partial charge on any atom is 0.259 e. The van der Waals surface area contributed by atoms with E-state index in [1.54, 1.807) is 83.8 Å². The van der Waals surface area contributed by atoms with E-state index in [2.05, 4.69) is 5.32 Å². The summed E-state index contributed by atoms with van der Waals surface area (Å²) in [5, 5.41) is 3.85. The number of carbonyl (C=O) groups excluding carboxylic acids is 2. The van der Waals surface area contributed by atoms with Crippen LogP contribution >= 0.6 is 23.2 Å². The molecule has 0 aliphatic carbocycles. The number of nitrogens with zero attached hydrogens (tertiary/aromatic N) is 1. The van der Waals surface area contributed by atoms with Crippen molar-refractivity contribution in [2.24, 2.45) is 0 Å². The van der Waals surface area contributed by atoms with Crippen molar-refractivity contribution in [3.05, 3.63) is 118 Å². The molecule has 0 unspecified atom stereocenters. The molecule has 8 heteroatoms. The first-order chi connectivity index (χ1) is 16.9. The molecule has 0 spiro atoms. The molecule has 0 aromatic heterocycles. The summed E-state index contributed by atoms with van der Waals surface area (Å²) in [6.07, 6.45) is 0. The lowest BCUT2D eigenvalue weighted by atomic mass is 10.1. The summed E-state index contributed by atoms with van der Waals surface area (Å²) in [6, 6.07) is 25.7. The summed E-state index contributed by atoms with van der Waals surface area (Å²) in [4.78, 5) is 29.1. The van der Waals surface area contributed by atoms with Crippen LogP contribution < -0.4 is 10.2 Å². The molecule has 4 aromatic rings. The summed E-state index contributed by atoms with van der Waals surface area (Å²) in [6.45, 7) is 0.192. The number of benzene rings is 4. The average Bonchev–Trinajstić information content (AvgIpc) is 2.93. The van der Waals surface area contributed by atoms with Crippen LogP contribution in [0.1, 0.15) is 26.3 Å². The van der Waals surface area contributed by atoms with Gasteiger partial charge in [-0.3, -0.25) is 9.59 Å². The Balaban J connectivity index is 1.60. The monoisotopic (exact) mass is 520 g/mol. The molecular weight excluding hydrogens is 503 g/mol. The van der Waals surface area contributed by atoms with Gasteiger partial charge in [0.1, 0.15) is 0 Å². The Morgan fingerprint density at radius 3 is 2.34 bits per heavy atom. The van der Waals surface area contributed by atoms with Crippen LogP contribution in [0.3, 0.4) is 0 Å². The van der Waals surface area contributed by atoms with Gasteiger partial charge in [-0.05, 0) is 66.2 Å². The molecule has 5 rings (SSSR count). The van der Waals surface area contributed by atoms with Gasteiger partial charge >= 0.3 is 0 Å². The van der Waals surface area contributed by atoms with Crippen LogP contribution in [0.15, 0.2) is 101 Å². The van der Waals surface area contributed by atoms with E-state index in [0.29, 0.717) is 42.3 Å². The van der Waals surface area contributed by atoms with Crippen molar-refractivity contribution >= 4 is 57.2 Å². The van der Waals surface area contributed by atoms with E-state index in [1.165, 1.54) is 0 Å². The SMILES string of the molecule is O=C(Nc1cccc(Cl)c1)c1ccc2c(c1)N(Cc1cccc(Cl)c1)C(=O)c1ccccc1[S@@]2=O. The Labute approximate surface area is 214 Å². The van der Waals surface area contributed by atoms with Crippen molar-refractivity contribution in [2.45, 2.75) is 16.3 Å². The second kappa shape index (κ2) is 9.66. The minimum atomic E-state index is -1.61. The van der Waals surface area contributed by atoms with Crippen molar-refractivity contribution in [2.75, 3.05) is 10.2 Å². The largest absolute Gasteiger partial charge is 0.322 e. The molecule has 174 valence electrons. The Bertz CT molecular complexity index is 1510. The zero-order chi connectivity index (χ0) is 24.5. The smallest absolute Gasteiger partial charge is 0.259 e. The number of carbonyl (C=O) groups is 2. The van der Waals surface area contributed by atoms with Gasteiger partial charge in [0.25, 0.3) is 11.8 Å². The van der Waals surface area contributed by atoms with Crippen LogP contribution in [0.4, 0.5) is 11.4 Å². The highest BCUT2D eigenvalue weighted by Crippen LogP contribution is 2.36. The molecule has 4 aromatic carbocycles. The van der Waals surface area contributed by atoms with Crippen LogP contribution in [0.25, 0.3) is 0 Å². The lowest BCUT2D eigenvalue weighted by Gasteiger charge is -2.24. The van der Waals surface area contributed by atoms with Crippen LogP contribution in [-0.2, 0) is 17.3 Å². The van der Waals surface area contributed by atoms with Crippen LogP contribution in [-0.4, -0.2) is 16.0 Å². The molecule has 0 fully saturated rings. The Hall–Kier alpha value is -3.45. The molecule has 35 heavy (non-hydrogen) atoms. The van der Waals surface area contributed by atoms with Crippen molar-refractivity contribution in [3.8, 4) is 0 Å². The molecule has 2 amide bonds. The number of hydrogen-bond donors (Lipinski definition) is 1. The highest BCUT2D eigenvalue weighted by atomic mass is 35.5. The fourth-order valence-corrected chi connectivity index (χ4v) is 5.70. The summed E-state index contributed by atoms with van der Waals surface area (Å²) >= 11 is 12.2. The van der Waals surface area contributed by atoms with Crippen LogP contribution in [0.5, 0.6) is 0 Å². The topological polar surface area (TPSA) is 66.5 Å². The third-order valence-corrected chi connectivity index (χ3v) is 7.56. The van der Waals surface area contributed by atoms with E-state index >= 15 is 0 Å². The van der Waals surface area contributed by atoms with Crippen molar-refractivity contribution in [3.63, 3.8) is 0 Å². The Morgan fingerprint density at radius 1 is 0.829 bits per heavy atom. The minimum absolute atomic E-state index is 0.192. The molecule has 0 saturated heterocycles. The average molecular weight is 521 g/mol. The first-order valence-corrected chi connectivity index (χ1v) is 12.6. The third kappa shape index (κ3) is 4.73. The molecule has 1 N–H and O–H groups in total. The Morgan fingerprint density at radius 2 is 1.57 bits per heavy atom. The predicted molar refractivity (Wildman–Crippen MR) is 139 cm³/mol. The van der Waals surface area contributed by atoms with Gasteiger partial charge in [-0.2, -0.15) is 0 Å². The van der Waals surface area contributed by atoms with E-state index in [-0.39, 0.29) is 18.4 Å². The molecule has 0 radical (unpaired) electrons. The zero-order valence-electron chi connectivity index (χ0n) is 18.2. The van der Waals surface area contributed by atoms with Gasteiger partial charge in [0.05, 0.1) is 38.4 Å². The number of fused-ring (bicyclic) bond motifs is 2. The van der Waals surface area contributed by atoms with Crippen LogP contribution in [0.2, 0.25) is 10.0 Å². The van der Waals surface area contributed by atoms with Gasteiger partial charge in [0.2, 0.25) is 0 Å². The summed E-state index contributed by atoms with van der Waals surface area (Å²) in [5.41, 5.74) is 2.42. The number of nitrogens with one attached hydrogen (secondary N) is 1. The van der Waals surface area contributed by atoms with Gasteiger partial charge in [-0.15, -0.1) is 0 Å². The van der Waals surface area contributed by atoms with E-state index in [0.717, 1.165) is 5.56 Å². The zero-order valence-corrected chi connectivity index (χ0v) is 20.5. The van der Waals surface area contributed by atoms with E-state index in [1.807, 2.05) is 12.1 Å². The second-order valence-electron chi connectivity index (χ2n) is 7.93. The molecule has 5 nitrogen and oxygen atoms in total. The van der Waals surface area contributed by atoms with Gasteiger partial charge in [0, 0.05) is 21.3 Å². The van der Waals surface area contributed by atoms with E-state index in [9.17, 15) is 13.8 Å². The number of halogens is 2. The first-order valence-electron chi connectivity index (χ1n) is 10.7. The van der Waals surface area contributed by atoms with Gasteiger partial charge in [-0.1, -0.05) is 53.5 Å². The Kier molecular flexibility index (Phi) is 6.43. The van der Waals surface area contributed by atoms with Crippen molar-refractivity contribution in [1.29, 1.82) is 0 Å². The van der Waals surface area contributed by atoms with Crippen LogP contribution in [0, 0.1) is 0 Å². The van der Waals surface area contributed by atoms with Crippen molar-refractivity contribution in [1.82, 2.24) is 0 Å². The highest BCUT2D eigenvalue weighted by Gasteiger charge is 2.31. The second-order valence-corrected chi connectivity index (χ2v) is 10.2. The van der Waals surface area contributed by atoms with Gasteiger partial charge in [-0.25, -0.2) is 4.21 Å². The first kappa shape index (κ1) is 23.3. The number of anilines is 2. The molecule has 0 bridgehead atoms. The summed E-state index contributed by atoms with van der Waals surface area (Å²) in [5.74, 6) is -0.683.